The lowest BCUT2D eigenvalue weighted by Crippen LogP contribution is -2.52. The maximum absolute atomic E-state index is 12.6. The Morgan fingerprint density at radius 3 is 2.55 bits per heavy atom. The minimum Gasteiger partial charge on any atom is -0.351 e. The number of rotatable bonds is 4. The Morgan fingerprint density at radius 1 is 1.32 bits per heavy atom. The lowest BCUT2D eigenvalue weighted by Gasteiger charge is -2.28. The standard InChI is InChI=1S/C16H25N3O2S/c1-12(18-7-5-6-8-18)9-14(20)19-11-22-10-13(19)15(21)17-16(2,3)4/h5-8,12-13H,9-11H2,1-4H3,(H,17,21)/t12-,13+/m0/s1. The Bertz CT molecular complexity index is 522. The topological polar surface area (TPSA) is 54.3 Å². The number of nitrogens with one attached hydrogen (secondary N) is 1. The number of carbonyl (C=O) groups excluding carboxylic acids is 2. The van der Waals surface area contributed by atoms with Gasteiger partial charge in [0.15, 0.2) is 0 Å². The maximum Gasteiger partial charge on any atom is 0.244 e. The van der Waals surface area contributed by atoms with Crippen molar-refractivity contribution in [1.82, 2.24) is 14.8 Å². The van der Waals surface area contributed by atoms with Crippen molar-refractivity contribution in [2.75, 3.05) is 11.6 Å². The van der Waals surface area contributed by atoms with Gasteiger partial charge in [0.1, 0.15) is 6.04 Å². The molecule has 6 heteroatoms. The van der Waals surface area contributed by atoms with Crippen LogP contribution in [0.25, 0.3) is 0 Å². The molecule has 0 aromatic carbocycles. The van der Waals surface area contributed by atoms with Gasteiger partial charge in [-0.25, -0.2) is 0 Å². The van der Waals surface area contributed by atoms with Crippen LogP contribution in [0.3, 0.4) is 0 Å². The van der Waals surface area contributed by atoms with Crippen LogP contribution in [-0.2, 0) is 9.59 Å². The first-order valence-electron chi connectivity index (χ1n) is 7.59. The highest BCUT2D eigenvalue weighted by Gasteiger charge is 2.36. The van der Waals surface area contributed by atoms with E-state index >= 15 is 0 Å². The first-order valence-corrected chi connectivity index (χ1v) is 8.75. The zero-order chi connectivity index (χ0) is 16.3. The Hall–Kier alpha value is -1.43. The molecule has 1 aliphatic heterocycles. The first kappa shape index (κ1) is 16.9. The molecule has 1 N–H and O–H groups in total. The molecule has 1 saturated heterocycles. The van der Waals surface area contributed by atoms with Crippen LogP contribution in [0.1, 0.15) is 40.2 Å². The molecule has 2 amide bonds. The van der Waals surface area contributed by atoms with E-state index in [-0.39, 0.29) is 29.4 Å². The van der Waals surface area contributed by atoms with Crippen molar-refractivity contribution >= 4 is 23.6 Å². The summed E-state index contributed by atoms with van der Waals surface area (Å²) in [6, 6.07) is 3.64. The molecule has 2 heterocycles. The molecular formula is C16H25N3O2S. The molecule has 0 aliphatic carbocycles. The fourth-order valence-electron chi connectivity index (χ4n) is 2.48. The summed E-state index contributed by atoms with van der Waals surface area (Å²) in [5, 5.41) is 2.98. The number of amides is 2. The summed E-state index contributed by atoms with van der Waals surface area (Å²) < 4.78 is 2.02. The monoisotopic (exact) mass is 323 g/mol. The molecule has 2 atom stereocenters. The zero-order valence-electron chi connectivity index (χ0n) is 13.7. The summed E-state index contributed by atoms with van der Waals surface area (Å²) in [7, 11) is 0. The molecule has 0 bridgehead atoms. The normalized spacial score (nSPS) is 20.0. The van der Waals surface area contributed by atoms with Gasteiger partial charge >= 0.3 is 0 Å². The second-order valence-electron chi connectivity index (χ2n) is 6.80. The molecule has 1 aliphatic rings. The zero-order valence-corrected chi connectivity index (χ0v) is 14.5. The summed E-state index contributed by atoms with van der Waals surface area (Å²) in [4.78, 5) is 26.6. The molecule has 122 valence electrons. The molecule has 22 heavy (non-hydrogen) atoms. The lowest BCUT2D eigenvalue weighted by atomic mass is 10.1. The highest BCUT2D eigenvalue weighted by Crippen LogP contribution is 2.24. The number of hydrogen-bond acceptors (Lipinski definition) is 3. The summed E-state index contributed by atoms with van der Waals surface area (Å²) in [6.07, 6.45) is 4.33. The summed E-state index contributed by atoms with van der Waals surface area (Å²) in [5.41, 5.74) is -0.280. The van der Waals surface area contributed by atoms with E-state index in [0.29, 0.717) is 18.1 Å². The third kappa shape index (κ3) is 4.29. The van der Waals surface area contributed by atoms with Crippen molar-refractivity contribution in [1.29, 1.82) is 0 Å². The van der Waals surface area contributed by atoms with Gasteiger partial charge in [-0.15, -0.1) is 11.8 Å². The van der Waals surface area contributed by atoms with Gasteiger partial charge in [-0.1, -0.05) is 0 Å². The number of carbonyl (C=O) groups is 2. The van der Waals surface area contributed by atoms with E-state index in [1.54, 1.807) is 16.7 Å². The minimum atomic E-state index is -0.353. The van der Waals surface area contributed by atoms with E-state index in [4.69, 9.17) is 0 Å². The van der Waals surface area contributed by atoms with Crippen LogP contribution in [0.2, 0.25) is 0 Å². The summed E-state index contributed by atoms with van der Waals surface area (Å²) in [5.74, 6) is 1.25. The molecule has 2 rings (SSSR count). The average molecular weight is 323 g/mol. The van der Waals surface area contributed by atoms with Gasteiger partial charge in [0.05, 0.1) is 5.88 Å². The van der Waals surface area contributed by atoms with Crippen LogP contribution in [0.4, 0.5) is 0 Å². The average Bonchev–Trinajstić information content (AvgIpc) is 3.08. The van der Waals surface area contributed by atoms with Crippen LogP contribution in [0.5, 0.6) is 0 Å². The van der Waals surface area contributed by atoms with Gasteiger partial charge in [-0.05, 0) is 39.8 Å². The predicted octanol–water partition coefficient (Wildman–Crippen LogP) is 2.26. The number of aromatic nitrogens is 1. The molecule has 0 radical (unpaired) electrons. The van der Waals surface area contributed by atoms with Gasteiger partial charge in [0.25, 0.3) is 0 Å². The van der Waals surface area contributed by atoms with Crippen LogP contribution in [0, 0.1) is 0 Å². The Balaban J connectivity index is 1.97. The van der Waals surface area contributed by atoms with E-state index in [1.807, 2.05) is 56.8 Å². The Labute approximate surface area is 136 Å². The van der Waals surface area contributed by atoms with E-state index in [2.05, 4.69) is 5.32 Å². The van der Waals surface area contributed by atoms with Gasteiger partial charge in [-0.2, -0.15) is 0 Å². The van der Waals surface area contributed by atoms with Crippen LogP contribution in [0.15, 0.2) is 24.5 Å². The number of nitrogens with zero attached hydrogens (tertiary/aromatic N) is 2. The molecular weight excluding hydrogens is 298 g/mol. The van der Waals surface area contributed by atoms with Gasteiger partial charge in [0.2, 0.25) is 11.8 Å². The maximum atomic E-state index is 12.6. The van der Waals surface area contributed by atoms with Gasteiger partial charge < -0.3 is 14.8 Å². The molecule has 0 spiro atoms. The third-order valence-corrected chi connectivity index (χ3v) is 4.62. The molecule has 1 aromatic rings. The van der Waals surface area contributed by atoms with Crippen molar-refractivity contribution in [2.45, 2.75) is 51.7 Å². The molecule has 0 unspecified atom stereocenters. The van der Waals surface area contributed by atoms with Crippen molar-refractivity contribution in [3.8, 4) is 0 Å². The van der Waals surface area contributed by atoms with Crippen molar-refractivity contribution in [2.24, 2.45) is 0 Å². The summed E-state index contributed by atoms with van der Waals surface area (Å²) in [6.45, 7) is 7.87. The molecule has 0 saturated carbocycles. The van der Waals surface area contributed by atoms with E-state index in [0.717, 1.165) is 0 Å². The van der Waals surface area contributed by atoms with Crippen LogP contribution < -0.4 is 5.32 Å². The fraction of sp³-hybridized carbons (Fsp3) is 0.625. The first-order chi connectivity index (χ1) is 10.3. The number of thioether (sulfide) groups is 1. The molecule has 5 nitrogen and oxygen atoms in total. The van der Waals surface area contributed by atoms with Crippen molar-refractivity contribution in [3.63, 3.8) is 0 Å². The second-order valence-corrected chi connectivity index (χ2v) is 7.80. The van der Waals surface area contributed by atoms with Crippen molar-refractivity contribution in [3.05, 3.63) is 24.5 Å². The minimum absolute atomic E-state index is 0.0419. The summed E-state index contributed by atoms with van der Waals surface area (Å²) >= 11 is 1.63. The van der Waals surface area contributed by atoms with E-state index in [1.165, 1.54) is 0 Å². The lowest BCUT2D eigenvalue weighted by molar-refractivity contribution is -0.139. The third-order valence-electron chi connectivity index (χ3n) is 3.61. The number of hydrogen-bond donors (Lipinski definition) is 1. The van der Waals surface area contributed by atoms with Crippen LogP contribution >= 0.6 is 11.8 Å². The molecule has 1 fully saturated rings. The van der Waals surface area contributed by atoms with E-state index < -0.39 is 0 Å². The fourth-order valence-corrected chi connectivity index (χ4v) is 3.66. The highest BCUT2D eigenvalue weighted by atomic mass is 32.2. The predicted molar refractivity (Wildman–Crippen MR) is 89.6 cm³/mol. The van der Waals surface area contributed by atoms with Crippen molar-refractivity contribution < 1.29 is 9.59 Å². The second kappa shape index (κ2) is 6.77. The smallest absolute Gasteiger partial charge is 0.244 e. The Morgan fingerprint density at radius 2 is 1.95 bits per heavy atom. The van der Waals surface area contributed by atoms with Gasteiger partial charge in [-0.3, -0.25) is 9.59 Å². The van der Waals surface area contributed by atoms with Crippen LogP contribution in [-0.4, -0.2) is 44.5 Å². The largest absolute Gasteiger partial charge is 0.351 e. The highest BCUT2D eigenvalue weighted by molar-refractivity contribution is 7.99. The SMILES string of the molecule is C[C@@H](CC(=O)N1CSC[C@@H]1C(=O)NC(C)(C)C)n1cccc1. The Kier molecular flexibility index (Phi) is 5.21. The van der Waals surface area contributed by atoms with Gasteiger partial charge in [0, 0.05) is 36.1 Å². The van der Waals surface area contributed by atoms with E-state index in [9.17, 15) is 9.59 Å². The quantitative estimate of drug-likeness (QED) is 0.925. The molecule has 1 aromatic heterocycles.